The molecular formula is C26H20Cl2N2O4S. The van der Waals surface area contributed by atoms with Crippen molar-refractivity contribution >= 4 is 50.5 Å². The van der Waals surface area contributed by atoms with Crippen LogP contribution in [0.1, 0.15) is 15.9 Å². The molecule has 0 saturated carbocycles. The fourth-order valence-electron chi connectivity index (χ4n) is 3.19. The Balaban J connectivity index is 1.53. The quantitative estimate of drug-likeness (QED) is 0.267. The van der Waals surface area contributed by atoms with Crippen LogP contribution in [-0.2, 0) is 10.0 Å². The molecule has 4 aromatic rings. The van der Waals surface area contributed by atoms with Crippen molar-refractivity contribution in [3.63, 3.8) is 0 Å². The molecule has 0 spiro atoms. The topological polar surface area (TPSA) is 84.5 Å². The number of para-hydroxylation sites is 1. The Hall–Kier alpha value is -3.52. The highest BCUT2D eigenvalue weighted by atomic mass is 35.5. The molecule has 0 aliphatic rings. The van der Waals surface area contributed by atoms with Crippen LogP contribution < -0.4 is 14.8 Å². The molecule has 2 N–H and O–H groups in total. The number of benzene rings is 4. The third-order valence-corrected chi connectivity index (χ3v) is 6.90. The van der Waals surface area contributed by atoms with Gasteiger partial charge in [0.2, 0.25) is 0 Å². The maximum atomic E-state index is 13.0. The summed E-state index contributed by atoms with van der Waals surface area (Å²) in [6, 6.07) is 24.7. The first kappa shape index (κ1) is 24.6. The first-order valence-electron chi connectivity index (χ1n) is 10.4. The van der Waals surface area contributed by atoms with Crippen molar-refractivity contribution in [3.8, 4) is 11.5 Å². The minimum Gasteiger partial charge on any atom is -0.455 e. The Labute approximate surface area is 213 Å². The third-order valence-electron chi connectivity index (χ3n) is 4.96. The predicted molar refractivity (Wildman–Crippen MR) is 139 cm³/mol. The number of nitrogens with one attached hydrogen (secondary N) is 2. The molecule has 0 saturated heterocycles. The number of aryl methyl sites for hydroxylation is 1. The summed E-state index contributed by atoms with van der Waals surface area (Å²) in [6.07, 6.45) is 0. The van der Waals surface area contributed by atoms with Gasteiger partial charge in [-0.05, 0) is 67.6 Å². The standard InChI is InChI=1S/C26H20Cl2N2O4S/c1-17-7-11-21(12-8-17)35(32,33)30-19-10-13-22(23(28)16-19)26(31)29-24-15-18(27)9-14-25(24)34-20-5-3-2-4-6-20/h2-16,30H,1H3,(H,29,31). The van der Waals surface area contributed by atoms with Crippen LogP contribution in [0.25, 0.3) is 0 Å². The van der Waals surface area contributed by atoms with Gasteiger partial charge in [-0.2, -0.15) is 0 Å². The number of halogens is 2. The Morgan fingerprint density at radius 2 is 1.57 bits per heavy atom. The van der Waals surface area contributed by atoms with Gasteiger partial charge >= 0.3 is 0 Å². The van der Waals surface area contributed by atoms with E-state index < -0.39 is 15.9 Å². The largest absolute Gasteiger partial charge is 0.455 e. The number of anilines is 2. The molecule has 0 aliphatic carbocycles. The number of hydrogen-bond acceptors (Lipinski definition) is 4. The number of amides is 1. The van der Waals surface area contributed by atoms with Gasteiger partial charge < -0.3 is 10.1 Å². The molecule has 0 aromatic heterocycles. The van der Waals surface area contributed by atoms with Gasteiger partial charge in [0, 0.05) is 5.02 Å². The normalized spacial score (nSPS) is 11.1. The Morgan fingerprint density at radius 1 is 0.857 bits per heavy atom. The highest BCUT2D eigenvalue weighted by molar-refractivity contribution is 7.92. The lowest BCUT2D eigenvalue weighted by Crippen LogP contribution is -2.15. The molecule has 0 bridgehead atoms. The molecule has 178 valence electrons. The van der Waals surface area contributed by atoms with Gasteiger partial charge in [0.15, 0.2) is 5.75 Å². The van der Waals surface area contributed by atoms with Gasteiger partial charge in [-0.25, -0.2) is 8.42 Å². The second-order valence-electron chi connectivity index (χ2n) is 7.62. The van der Waals surface area contributed by atoms with E-state index in [1.165, 1.54) is 30.3 Å². The van der Waals surface area contributed by atoms with Crippen LogP contribution in [0.15, 0.2) is 95.9 Å². The minimum atomic E-state index is -3.81. The zero-order chi connectivity index (χ0) is 25.0. The van der Waals surface area contributed by atoms with Crippen LogP contribution >= 0.6 is 23.2 Å². The summed E-state index contributed by atoms with van der Waals surface area (Å²) in [5, 5.41) is 3.23. The lowest BCUT2D eigenvalue weighted by Gasteiger charge is -2.14. The molecule has 1 amide bonds. The Morgan fingerprint density at radius 3 is 2.26 bits per heavy atom. The van der Waals surface area contributed by atoms with Gasteiger partial charge in [0.1, 0.15) is 5.75 Å². The number of carbonyl (C=O) groups is 1. The van der Waals surface area contributed by atoms with E-state index in [1.807, 2.05) is 25.1 Å². The predicted octanol–water partition coefficient (Wildman–Crippen LogP) is 7.15. The molecule has 4 rings (SSSR count). The summed E-state index contributed by atoms with van der Waals surface area (Å²) < 4.78 is 33.6. The van der Waals surface area contributed by atoms with E-state index in [-0.39, 0.29) is 21.2 Å². The van der Waals surface area contributed by atoms with E-state index in [4.69, 9.17) is 27.9 Å². The molecule has 4 aromatic carbocycles. The maximum Gasteiger partial charge on any atom is 0.261 e. The van der Waals surface area contributed by atoms with Crippen molar-refractivity contribution < 1.29 is 17.9 Å². The molecule has 0 atom stereocenters. The molecule has 0 aliphatic heterocycles. The van der Waals surface area contributed by atoms with Gasteiger partial charge in [0.25, 0.3) is 15.9 Å². The number of sulfonamides is 1. The summed E-state index contributed by atoms with van der Waals surface area (Å²) in [4.78, 5) is 13.1. The van der Waals surface area contributed by atoms with E-state index in [0.717, 1.165) is 5.56 Å². The number of ether oxygens (including phenoxy) is 1. The van der Waals surface area contributed by atoms with E-state index in [0.29, 0.717) is 22.2 Å². The second-order valence-corrected chi connectivity index (χ2v) is 10.1. The maximum absolute atomic E-state index is 13.0. The molecule has 35 heavy (non-hydrogen) atoms. The summed E-state index contributed by atoms with van der Waals surface area (Å²) in [5.74, 6) is 0.476. The summed E-state index contributed by atoms with van der Waals surface area (Å²) in [6.45, 7) is 1.87. The first-order chi connectivity index (χ1) is 16.7. The summed E-state index contributed by atoms with van der Waals surface area (Å²) >= 11 is 12.5. The smallest absolute Gasteiger partial charge is 0.261 e. The minimum absolute atomic E-state index is 0.0687. The van der Waals surface area contributed by atoms with Gasteiger partial charge in [-0.1, -0.05) is 59.1 Å². The summed E-state index contributed by atoms with van der Waals surface area (Å²) in [7, 11) is -3.81. The molecule has 0 heterocycles. The molecule has 0 radical (unpaired) electrons. The number of carbonyl (C=O) groups excluding carboxylic acids is 1. The highest BCUT2D eigenvalue weighted by Crippen LogP contribution is 2.33. The van der Waals surface area contributed by atoms with Crippen molar-refractivity contribution in [2.75, 3.05) is 10.0 Å². The Bertz CT molecular complexity index is 1480. The summed E-state index contributed by atoms with van der Waals surface area (Å²) in [5.41, 5.74) is 1.67. The molecule has 0 unspecified atom stereocenters. The number of rotatable bonds is 7. The van der Waals surface area contributed by atoms with Gasteiger partial charge in [-0.3, -0.25) is 9.52 Å². The lowest BCUT2D eigenvalue weighted by atomic mass is 10.2. The van der Waals surface area contributed by atoms with Crippen molar-refractivity contribution in [1.29, 1.82) is 0 Å². The van der Waals surface area contributed by atoms with Crippen LogP contribution in [0.4, 0.5) is 11.4 Å². The zero-order valence-corrected chi connectivity index (χ0v) is 20.8. The highest BCUT2D eigenvalue weighted by Gasteiger charge is 2.18. The van der Waals surface area contributed by atoms with Crippen molar-refractivity contribution in [2.24, 2.45) is 0 Å². The first-order valence-corrected chi connectivity index (χ1v) is 12.7. The zero-order valence-electron chi connectivity index (χ0n) is 18.5. The average Bonchev–Trinajstić information content (AvgIpc) is 2.81. The van der Waals surface area contributed by atoms with Crippen LogP contribution in [-0.4, -0.2) is 14.3 Å². The Kier molecular flexibility index (Phi) is 7.31. The van der Waals surface area contributed by atoms with Crippen LogP contribution in [0.3, 0.4) is 0 Å². The van der Waals surface area contributed by atoms with E-state index in [9.17, 15) is 13.2 Å². The van der Waals surface area contributed by atoms with Crippen molar-refractivity contribution in [1.82, 2.24) is 0 Å². The molecule has 9 heteroatoms. The molecule has 0 fully saturated rings. The lowest BCUT2D eigenvalue weighted by molar-refractivity contribution is 0.102. The monoisotopic (exact) mass is 526 g/mol. The second kappa shape index (κ2) is 10.4. The van der Waals surface area contributed by atoms with Crippen LogP contribution in [0.2, 0.25) is 10.0 Å². The van der Waals surface area contributed by atoms with Crippen molar-refractivity contribution in [3.05, 3.63) is 112 Å². The van der Waals surface area contributed by atoms with Crippen molar-refractivity contribution in [2.45, 2.75) is 11.8 Å². The fourth-order valence-corrected chi connectivity index (χ4v) is 4.68. The number of hydrogen-bond donors (Lipinski definition) is 2. The third kappa shape index (κ3) is 6.14. The fraction of sp³-hybridized carbons (Fsp3) is 0.0385. The average molecular weight is 527 g/mol. The van der Waals surface area contributed by atoms with Crippen LogP contribution in [0.5, 0.6) is 11.5 Å². The van der Waals surface area contributed by atoms with Gasteiger partial charge in [-0.15, -0.1) is 0 Å². The molecule has 6 nitrogen and oxygen atoms in total. The van der Waals surface area contributed by atoms with Gasteiger partial charge in [0.05, 0.1) is 26.9 Å². The van der Waals surface area contributed by atoms with E-state index >= 15 is 0 Å². The molecular weight excluding hydrogens is 507 g/mol. The van der Waals surface area contributed by atoms with E-state index in [2.05, 4.69) is 10.0 Å². The van der Waals surface area contributed by atoms with E-state index in [1.54, 1.807) is 42.5 Å². The SMILES string of the molecule is Cc1ccc(S(=O)(=O)Nc2ccc(C(=O)Nc3cc(Cl)ccc3Oc3ccccc3)c(Cl)c2)cc1. The van der Waals surface area contributed by atoms with Crippen LogP contribution in [0, 0.1) is 6.92 Å².